The minimum Gasteiger partial charge on any atom is -0.363 e. The van der Waals surface area contributed by atoms with Crippen LogP contribution in [0, 0.1) is 5.92 Å². The number of halogens is 3. The van der Waals surface area contributed by atoms with Gasteiger partial charge in [0.25, 0.3) is 0 Å². The van der Waals surface area contributed by atoms with Crippen LogP contribution < -0.4 is 10.6 Å². The van der Waals surface area contributed by atoms with Gasteiger partial charge < -0.3 is 15.7 Å². The van der Waals surface area contributed by atoms with Crippen molar-refractivity contribution in [2.75, 3.05) is 0 Å². The minimum atomic E-state index is -5.22. The first-order valence-electron chi connectivity index (χ1n) is 7.51. The van der Waals surface area contributed by atoms with E-state index in [-0.39, 0.29) is 0 Å². The molecule has 0 saturated carbocycles. The monoisotopic (exact) mass is 352 g/mol. The minimum absolute atomic E-state index is 0.329. The molecule has 3 atom stereocenters. The van der Waals surface area contributed by atoms with Gasteiger partial charge in [-0.2, -0.15) is 13.2 Å². The van der Waals surface area contributed by atoms with Crippen LogP contribution in [0.5, 0.6) is 0 Å². The number of nitrogens with one attached hydrogen (secondary N) is 2. The van der Waals surface area contributed by atoms with Crippen molar-refractivity contribution >= 4 is 22.6 Å². The van der Waals surface area contributed by atoms with E-state index in [9.17, 15) is 27.9 Å². The summed E-state index contributed by atoms with van der Waals surface area (Å²) in [7, 11) is 0. The molecule has 5 nitrogen and oxygen atoms in total. The van der Waals surface area contributed by atoms with Crippen molar-refractivity contribution in [1.29, 1.82) is 0 Å². The van der Waals surface area contributed by atoms with Gasteiger partial charge in [0.1, 0.15) is 5.78 Å². The highest BCUT2D eigenvalue weighted by molar-refractivity contribution is 5.90. The fourth-order valence-electron chi connectivity index (χ4n) is 3.31. The van der Waals surface area contributed by atoms with E-state index in [1.54, 1.807) is 36.4 Å². The first-order valence-corrected chi connectivity index (χ1v) is 7.51. The molecule has 1 heterocycles. The highest BCUT2D eigenvalue weighted by Gasteiger charge is 2.65. The van der Waals surface area contributed by atoms with Crippen molar-refractivity contribution in [1.82, 2.24) is 10.6 Å². The largest absolute Gasteiger partial charge is 0.437 e. The summed E-state index contributed by atoms with van der Waals surface area (Å²) in [6, 6.07) is 9.30. The molecular weight excluding hydrogens is 337 g/mol. The van der Waals surface area contributed by atoms with E-state index < -0.39 is 35.7 Å². The summed E-state index contributed by atoms with van der Waals surface area (Å²) in [5, 5.41) is 15.4. The van der Waals surface area contributed by atoms with Crippen molar-refractivity contribution in [2.45, 2.75) is 24.9 Å². The van der Waals surface area contributed by atoms with Crippen molar-refractivity contribution in [3.63, 3.8) is 0 Å². The molecule has 2 amide bonds. The number of urea groups is 1. The molecule has 2 aromatic rings. The van der Waals surface area contributed by atoms with Gasteiger partial charge in [0.05, 0.1) is 12.0 Å². The predicted octanol–water partition coefficient (Wildman–Crippen LogP) is 2.65. The fraction of sp³-hybridized carbons (Fsp3) is 0.294. The van der Waals surface area contributed by atoms with E-state index in [1.807, 2.05) is 0 Å². The smallest absolute Gasteiger partial charge is 0.363 e. The SMILES string of the molecule is CC(=O)[C@@H]1[C@@H](c2cccc3ccccc23)NC(=O)N[C@@]1(O)C(F)(F)F. The maximum atomic E-state index is 13.5. The molecule has 1 aliphatic rings. The van der Waals surface area contributed by atoms with Crippen LogP contribution in [0.2, 0.25) is 0 Å². The van der Waals surface area contributed by atoms with Gasteiger partial charge in [-0.15, -0.1) is 0 Å². The second-order valence-corrected chi connectivity index (χ2v) is 6.00. The van der Waals surface area contributed by atoms with Crippen LogP contribution in [0.4, 0.5) is 18.0 Å². The molecule has 8 heteroatoms. The fourth-order valence-corrected chi connectivity index (χ4v) is 3.31. The zero-order valence-electron chi connectivity index (χ0n) is 13.1. The number of carbonyl (C=O) groups excluding carboxylic acids is 2. The van der Waals surface area contributed by atoms with Crippen LogP contribution >= 0.6 is 0 Å². The lowest BCUT2D eigenvalue weighted by atomic mass is 9.78. The Labute approximate surface area is 140 Å². The standard InChI is InChI=1S/C17H15F3N2O3/c1-9(23)13-14(21-15(24)22-16(13,25)17(18,19)20)12-8-4-6-10-5-2-3-7-11(10)12/h2-8,13-14,25H,1H3,(H2,21,22,24)/t13-,14-,16+/m1/s1. The molecule has 3 rings (SSSR count). The third kappa shape index (κ3) is 2.72. The van der Waals surface area contributed by atoms with E-state index in [1.165, 1.54) is 11.4 Å². The quantitative estimate of drug-likeness (QED) is 0.778. The Bertz CT molecular complexity index is 847. The Balaban J connectivity index is 2.22. The van der Waals surface area contributed by atoms with Crippen molar-refractivity contribution in [3.8, 4) is 0 Å². The summed E-state index contributed by atoms with van der Waals surface area (Å²) in [4.78, 5) is 23.9. The summed E-state index contributed by atoms with van der Waals surface area (Å²) in [6.45, 7) is 0.957. The zero-order chi connectivity index (χ0) is 18.4. The predicted molar refractivity (Wildman–Crippen MR) is 83.5 cm³/mol. The Hall–Kier alpha value is -2.61. The lowest BCUT2D eigenvalue weighted by Crippen LogP contribution is -2.72. The molecule has 0 radical (unpaired) electrons. The van der Waals surface area contributed by atoms with Crippen LogP contribution in [-0.4, -0.2) is 28.8 Å². The maximum Gasteiger partial charge on any atom is 0.437 e. The summed E-state index contributed by atoms with van der Waals surface area (Å²) in [5.41, 5.74) is -3.32. The number of alkyl halides is 3. The number of hydrogen-bond acceptors (Lipinski definition) is 3. The zero-order valence-corrected chi connectivity index (χ0v) is 13.1. The molecule has 25 heavy (non-hydrogen) atoms. The van der Waals surface area contributed by atoms with Gasteiger partial charge in [-0.3, -0.25) is 4.79 Å². The van der Waals surface area contributed by atoms with E-state index >= 15 is 0 Å². The number of amides is 2. The number of hydrogen-bond donors (Lipinski definition) is 3. The molecule has 0 spiro atoms. The molecule has 2 aromatic carbocycles. The van der Waals surface area contributed by atoms with Gasteiger partial charge in [0, 0.05) is 0 Å². The Morgan fingerprint density at radius 3 is 2.44 bits per heavy atom. The Morgan fingerprint density at radius 2 is 1.80 bits per heavy atom. The molecule has 132 valence electrons. The van der Waals surface area contributed by atoms with Gasteiger partial charge in [0.15, 0.2) is 0 Å². The maximum absolute atomic E-state index is 13.5. The molecule has 0 aromatic heterocycles. The van der Waals surface area contributed by atoms with Crippen molar-refractivity contribution in [2.24, 2.45) is 5.92 Å². The van der Waals surface area contributed by atoms with Gasteiger partial charge in [-0.25, -0.2) is 4.79 Å². The van der Waals surface area contributed by atoms with Crippen LogP contribution in [0.3, 0.4) is 0 Å². The second-order valence-electron chi connectivity index (χ2n) is 6.00. The average molecular weight is 352 g/mol. The molecule has 1 aliphatic heterocycles. The number of aliphatic hydroxyl groups is 1. The Morgan fingerprint density at radius 1 is 1.16 bits per heavy atom. The van der Waals surface area contributed by atoms with E-state index in [4.69, 9.17) is 0 Å². The lowest BCUT2D eigenvalue weighted by Gasteiger charge is -2.44. The lowest BCUT2D eigenvalue weighted by molar-refractivity contribution is -0.290. The molecular formula is C17H15F3N2O3. The summed E-state index contributed by atoms with van der Waals surface area (Å²) in [5.74, 6) is -2.83. The molecule has 3 N–H and O–H groups in total. The topological polar surface area (TPSA) is 78.4 Å². The number of rotatable bonds is 2. The second kappa shape index (κ2) is 5.73. The van der Waals surface area contributed by atoms with Gasteiger partial charge >= 0.3 is 12.2 Å². The van der Waals surface area contributed by atoms with Gasteiger partial charge in [-0.1, -0.05) is 42.5 Å². The molecule has 1 saturated heterocycles. The third-order valence-electron chi connectivity index (χ3n) is 4.40. The summed E-state index contributed by atoms with van der Waals surface area (Å²) >= 11 is 0. The number of benzene rings is 2. The van der Waals surface area contributed by atoms with Crippen LogP contribution in [-0.2, 0) is 4.79 Å². The number of carbonyl (C=O) groups is 2. The van der Waals surface area contributed by atoms with Crippen LogP contribution in [0.25, 0.3) is 10.8 Å². The van der Waals surface area contributed by atoms with E-state index in [0.717, 1.165) is 12.3 Å². The van der Waals surface area contributed by atoms with Gasteiger partial charge in [-0.05, 0) is 23.3 Å². The van der Waals surface area contributed by atoms with Crippen LogP contribution in [0.1, 0.15) is 18.5 Å². The number of ketones is 1. The Kier molecular flexibility index (Phi) is 3.95. The summed E-state index contributed by atoms with van der Waals surface area (Å²) < 4.78 is 40.4. The number of fused-ring (bicyclic) bond motifs is 1. The van der Waals surface area contributed by atoms with E-state index in [2.05, 4.69) is 5.32 Å². The van der Waals surface area contributed by atoms with Crippen LogP contribution in [0.15, 0.2) is 42.5 Å². The average Bonchev–Trinajstić information content (AvgIpc) is 2.52. The molecule has 0 unspecified atom stereocenters. The molecule has 0 bridgehead atoms. The highest BCUT2D eigenvalue weighted by Crippen LogP contribution is 2.43. The third-order valence-corrected chi connectivity index (χ3v) is 4.40. The molecule has 1 fully saturated rings. The summed E-state index contributed by atoms with van der Waals surface area (Å²) in [6.07, 6.45) is -5.22. The normalized spacial score (nSPS) is 26.8. The number of Topliss-reactive ketones (excluding diaryl/α,β-unsaturated/α-hetero) is 1. The van der Waals surface area contributed by atoms with Gasteiger partial charge in [0.2, 0.25) is 5.72 Å². The van der Waals surface area contributed by atoms with Crippen molar-refractivity contribution in [3.05, 3.63) is 48.0 Å². The highest BCUT2D eigenvalue weighted by atomic mass is 19.4. The van der Waals surface area contributed by atoms with Crippen molar-refractivity contribution < 1.29 is 27.9 Å². The first kappa shape index (κ1) is 17.2. The molecule has 0 aliphatic carbocycles. The first-order chi connectivity index (χ1) is 11.6. The van der Waals surface area contributed by atoms with E-state index in [0.29, 0.717) is 10.9 Å².